The van der Waals surface area contributed by atoms with Crippen LogP contribution in [0.1, 0.15) is 58.9 Å². The number of piperidine rings is 1. The van der Waals surface area contributed by atoms with Crippen molar-refractivity contribution in [1.29, 1.82) is 0 Å². The number of hydrogen-bond acceptors (Lipinski definition) is 7. The molecule has 0 aliphatic carbocycles. The number of ether oxygens (including phenoxy) is 1. The lowest BCUT2D eigenvalue weighted by atomic mass is 10.00. The molecule has 0 spiro atoms. The molecular weight excluding hydrogens is 528 g/mol. The number of likely N-dealkylation sites (tertiary alicyclic amines) is 1. The molecule has 1 aliphatic rings. The van der Waals surface area contributed by atoms with E-state index in [0.717, 1.165) is 62.4 Å². The number of anilines is 1. The Morgan fingerprint density at radius 3 is 2.36 bits per heavy atom. The molecule has 9 nitrogen and oxygen atoms in total. The number of aryl methyl sites for hydroxylation is 3. The number of pyridine rings is 2. The SMILES string of the molecule is Cc1ccncc1CN(c1ccc(OC(=O)N(C)C)cc1)C1CCN(CCC(C)NC(=O)c2c(C)ccnc2C)CC1. The summed E-state index contributed by atoms with van der Waals surface area (Å²) in [6.07, 6.45) is 8.09. The fourth-order valence-corrected chi connectivity index (χ4v) is 5.41. The van der Waals surface area contributed by atoms with E-state index in [0.29, 0.717) is 17.4 Å². The Balaban J connectivity index is 1.36. The first-order chi connectivity index (χ1) is 20.1. The first-order valence-corrected chi connectivity index (χ1v) is 14.7. The Morgan fingerprint density at radius 2 is 1.71 bits per heavy atom. The average molecular weight is 573 g/mol. The minimum atomic E-state index is -0.394. The smallest absolute Gasteiger partial charge is 0.410 e. The van der Waals surface area contributed by atoms with Gasteiger partial charge in [-0.25, -0.2) is 4.79 Å². The summed E-state index contributed by atoms with van der Waals surface area (Å²) >= 11 is 0. The lowest BCUT2D eigenvalue weighted by Crippen LogP contribution is -2.46. The van der Waals surface area contributed by atoms with E-state index in [4.69, 9.17) is 4.74 Å². The van der Waals surface area contributed by atoms with E-state index in [1.807, 2.05) is 56.6 Å². The van der Waals surface area contributed by atoms with Gasteiger partial charge in [-0.3, -0.25) is 14.8 Å². The Labute approximate surface area is 249 Å². The number of rotatable bonds is 10. The molecule has 4 rings (SSSR count). The fraction of sp³-hybridized carbons (Fsp3) is 0.455. The van der Waals surface area contributed by atoms with Crippen LogP contribution in [0, 0.1) is 20.8 Å². The maximum atomic E-state index is 12.9. The van der Waals surface area contributed by atoms with E-state index in [2.05, 4.69) is 45.0 Å². The highest BCUT2D eigenvalue weighted by Gasteiger charge is 2.26. The van der Waals surface area contributed by atoms with Crippen molar-refractivity contribution in [2.75, 3.05) is 38.6 Å². The van der Waals surface area contributed by atoms with Crippen LogP contribution < -0.4 is 15.0 Å². The molecule has 0 bridgehead atoms. The van der Waals surface area contributed by atoms with Crippen LogP contribution in [0.25, 0.3) is 0 Å². The van der Waals surface area contributed by atoms with Gasteiger partial charge in [0.25, 0.3) is 5.91 Å². The third kappa shape index (κ3) is 8.06. The van der Waals surface area contributed by atoms with Crippen molar-refractivity contribution in [2.45, 2.75) is 65.6 Å². The number of carbonyl (C=O) groups excluding carboxylic acids is 2. The van der Waals surface area contributed by atoms with E-state index in [1.54, 1.807) is 20.3 Å². The van der Waals surface area contributed by atoms with Gasteiger partial charge in [0.2, 0.25) is 0 Å². The molecule has 1 unspecified atom stereocenters. The van der Waals surface area contributed by atoms with Crippen LogP contribution in [0.4, 0.5) is 10.5 Å². The average Bonchev–Trinajstić information content (AvgIpc) is 2.96. The molecule has 0 saturated carbocycles. The highest BCUT2D eigenvalue weighted by molar-refractivity contribution is 5.96. The first kappa shape index (κ1) is 31.0. The van der Waals surface area contributed by atoms with Gasteiger partial charge >= 0.3 is 6.09 Å². The zero-order valence-electron chi connectivity index (χ0n) is 25.8. The number of nitrogens with one attached hydrogen (secondary N) is 1. The summed E-state index contributed by atoms with van der Waals surface area (Å²) in [7, 11) is 3.34. The van der Waals surface area contributed by atoms with Crippen molar-refractivity contribution in [3.05, 3.63) is 82.9 Å². The van der Waals surface area contributed by atoms with E-state index in [-0.39, 0.29) is 11.9 Å². The van der Waals surface area contributed by atoms with Crippen molar-refractivity contribution >= 4 is 17.7 Å². The lowest BCUT2D eigenvalue weighted by molar-refractivity contribution is 0.0932. The van der Waals surface area contributed by atoms with Crippen molar-refractivity contribution in [2.24, 2.45) is 0 Å². The predicted octanol–water partition coefficient (Wildman–Crippen LogP) is 5.14. The minimum Gasteiger partial charge on any atom is -0.410 e. The van der Waals surface area contributed by atoms with E-state index in [1.165, 1.54) is 16.0 Å². The molecule has 1 aromatic carbocycles. The van der Waals surface area contributed by atoms with E-state index >= 15 is 0 Å². The number of aromatic nitrogens is 2. The van der Waals surface area contributed by atoms with Gasteiger partial charge in [0, 0.05) is 76.6 Å². The Morgan fingerprint density at radius 1 is 1.02 bits per heavy atom. The fourth-order valence-electron chi connectivity index (χ4n) is 5.41. The predicted molar refractivity (Wildman–Crippen MR) is 166 cm³/mol. The molecule has 2 aromatic heterocycles. The van der Waals surface area contributed by atoms with Gasteiger partial charge in [0.05, 0.1) is 11.3 Å². The molecule has 42 heavy (non-hydrogen) atoms. The maximum absolute atomic E-state index is 12.9. The van der Waals surface area contributed by atoms with Gasteiger partial charge < -0.3 is 24.8 Å². The minimum absolute atomic E-state index is 0.0480. The molecule has 1 atom stereocenters. The monoisotopic (exact) mass is 572 g/mol. The first-order valence-electron chi connectivity index (χ1n) is 14.7. The third-order valence-electron chi connectivity index (χ3n) is 8.06. The quantitative estimate of drug-likeness (QED) is 0.360. The second-order valence-corrected chi connectivity index (χ2v) is 11.5. The second-order valence-electron chi connectivity index (χ2n) is 11.5. The number of carbonyl (C=O) groups is 2. The zero-order chi connectivity index (χ0) is 30.2. The van der Waals surface area contributed by atoms with Crippen molar-refractivity contribution in [3.8, 4) is 5.75 Å². The normalized spacial score (nSPS) is 14.7. The number of hydrogen-bond donors (Lipinski definition) is 1. The highest BCUT2D eigenvalue weighted by atomic mass is 16.6. The highest BCUT2D eigenvalue weighted by Crippen LogP contribution is 2.28. The number of nitrogens with zero attached hydrogens (tertiary/aromatic N) is 5. The lowest BCUT2D eigenvalue weighted by Gasteiger charge is -2.40. The molecule has 2 amide bonds. The molecule has 1 fully saturated rings. The second kappa shape index (κ2) is 14.3. The molecule has 1 N–H and O–H groups in total. The molecule has 224 valence electrons. The summed E-state index contributed by atoms with van der Waals surface area (Å²) in [5, 5.41) is 3.17. The topological polar surface area (TPSA) is 90.9 Å². The van der Waals surface area contributed by atoms with Gasteiger partial charge in [0.1, 0.15) is 5.75 Å². The van der Waals surface area contributed by atoms with Crippen LogP contribution in [0.2, 0.25) is 0 Å². The number of amides is 2. The summed E-state index contributed by atoms with van der Waals surface area (Å²) in [6.45, 7) is 11.7. The summed E-state index contributed by atoms with van der Waals surface area (Å²) in [5.41, 5.74) is 5.90. The molecule has 3 aromatic rings. The molecule has 9 heteroatoms. The van der Waals surface area contributed by atoms with E-state index in [9.17, 15) is 9.59 Å². The molecule has 1 aliphatic heterocycles. The maximum Gasteiger partial charge on any atom is 0.414 e. The Bertz CT molecular complexity index is 1330. The van der Waals surface area contributed by atoms with Crippen LogP contribution in [0.3, 0.4) is 0 Å². The van der Waals surface area contributed by atoms with Crippen LogP contribution in [0.5, 0.6) is 5.75 Å². The van der Waals surface area contributed by atoms with Gasteiger partial charge in [-0.15, -0.1) is 0 Å². The van der Waals surface area contributed by atoms with Gasteiger partial charge in [-0.2, -0.15) is 0 Å². The summed E-state index contributed by atoms with van der Waals surface area (Å²) in [5.74, 6) is 0.480. The van der Waals surface area contributed by atoms with Crippen LogP contribution in [-0.2, 0) is 6.54 Å². The molecule has 1 saturated heterocycles. The molecule has 3 heterocycles. The summed E-state index contributed by atoms with van der Waals surface area (Å²) < 4.78 is 5.44. The van der Waals surface area contributed by atoms with E-state index < -0.39 is 6.09 Å². The largest absolute Gasteiger partial charge is 0.414 e. The number of benzene rings is 1. The zero-order valence-corrected chi connectivity index (χ0v) is 25.8. The summed E-state index contributed by atoms with van der Waals surface area (Å²) in [6, 6.07) is 12.2. The summed E-state index contributed by atoms with van der Waals surface area (Å²) in [4.78, 5) is 39.9. The van der Waals surface area contributed by atoms with Gasteiger partial charge in [-0.1, -0.05) is 0 Å². The molecular formula is C33H44N6O3. The van der Waals surface area contributed by atoms with Gasteiger partial charge in [0.15, 0.2) is 0 Å². The molecule has 0 radical (unpaired) electrons. The van der Waals surface area contributed by atoms with Gasteiger partial charge in [-0.05, 0) is 100 Å². The Kier molecular flexibility index (Phi) is 10.5. The van der Waals surface area contributed by atoms with Crippen LogP contribution in [0.15, 0.2) is 55.0 Å². The van der Waals surface area contributed by atoms with Crippen molar-refractivity contribution < 1.29 is 14.3 Å². The van der Waals surface area contributed by atoms with Crippen LogP contribution >= 0.6 is 0 Å². The standard InChI is InChI=1S/C33H44N6O3/c1-23-11-16-34-21-27(23)22-39(28-7-9-30(10-8-28)42-33(41)37(5)6)29-14-19-38(20-15-29)18-13-25(3)36-32(40)31-24(2)12-17-35-26(31)4/h7-12,16-17,21,25,29H,13-15,18-20,22H2,1-6H3,(H,36,40). The van der Waals surface area contributed by atoms with Crippen LogP contribution in [-0.4, -0.2) is 77.6 Å². The van der Waals surface area contributed by atoms with Crippen molar-refractivity contribution in [1.82, 2.24) is 25.1 Å². The van der Waals surface area contributed by atoms with Crippen molar-refractivity contribution in [3.63, 3.8) is 0 Å². The third-order valence-corrected chi connectivity index (χ3v) is 8.06. The Hall–Kier alpha value is -3.98.